The Bertz CT molecular complexity index is 1440. The van der Waals surface area contributed by atoms with Gasteiger partial charge in [-0.15, -0.1) is 0 Å². The first kappa shape index (κ1) is 25.3. The Morgan fingerprint density at radius 3 is 2.43 bits per heavy atom. The second kappa shape index (κ2) is 10.5. The molecule has 5 rings (SSSR count). The molecule has 1 fully saturated rings. The van der Waals surface area contributed by atoms with Crippen molar-refractivity contribution in [1.29, 1.82) is 0 Å². The molecule has 0 atom stereocenters. The van der Waals surface area contributed by atoms with Crippen molar-refractivity contribution in [1.82, 2.24) is 4.31 Å². The Balaban J connectivity index is 1.33. The lowest BCUT2D eigenvalue weighted by Gasteiger charge is -2.30. The zero-order valence-corrected chi connectivity index (χ0v) is 21.6. The third-order valence-corrected chi connectivity index (χ3v) is 8.80. The fraction of sp³-hybridized carbons (Fsp3) is 0.259. The summed E-state index contributed by atoms with van der Waals surface area (Å²) < 4.78 is 32.8. The molecule has 0 saturated carbocycles. The predicted octanol–water partition coefficient (Wildman–Crippen LogP) is 4.69. The lowest BCUT2D eigenvalue weighted by molar-refractivity contribution is -0.121. The van der Waals surface area contributed by atoms with Crippen molar-refractivity contribution in [3.05, 3.63) is 82.9 Å². The Labute approximate surface area is 220 Å². The summed E-state index contributed by atoms with van der Waals surface area (Å²) in [5, 5.41) is 3.38. The van der Waals surface area contributed by atoms with Gasteiger partial charge in [0.2, 0.25) is 10.0 Å². The van der Waals surface area contributed by atoms with Crippen LogP contribution in [0.1, 0.15) is 35.2 Å². The van der Waals surface area contributed by atoms with Crippen LogP contribution in [0, 0.1) is 0 Å². The lowest BCUT2D eigenvalue weighted by atomic mass is 10.1. The van der Waals surface area contributed by atoms with Crippen LogP contribution in [0.25, 0.3) is 0 Å². The number of nitrogens with one attached hydrogen (secondary N) is 1. The molecular formula is C27H26ClN3O5S. The number of amides is 2. The average Bonchev–Trinajstić information content (AvgIpc) is 2.92. The van der Waals surface area contributed by atoms with Crippen LogP contribution in [-0.2, 0) is 21.4 Å². The standard InChI is InChI=1S/C27H26ClN3O5S/c28-23-7-3-2-6-20(23)17-31-24-16-21(10-13-25(24)36-18-26(31)32)29-27(33)19-8-11-22(12-9-19)37(34,35)30-14-4-1-5-15-30/h2-3,6-13,16H,1,4-5,14-15,17-18H2,(H,29,33). The highest BCUT2D eigenvalue weighted by Gasteiger charge is 2.28. The summed E-state index contributed by atoms with van der Waals surface area (Å²) in [7, 11) is -3.57. The molecular weight excluding hydrogens is 514 g/mol. The number of piperidine rings is 1. The minimum Gasteiger partial charge on any atom is -0.482 e. The van der Waals surface area contributed by atoms with Crippen molar-refractivity contribution in [3.8, 4) is 5.75 Å². The largest absolute Gasteiger partial charge is 0.482 e. The van der Waals surface area contributed by atoms with Gasteiger partial charge in [0, 0.05) is 29.4 Å². The molecule has 2 aliphatic rings. The zero-order valence-electron chi connectivity index (χ0n) is 20.0. The molecule has 0 aliphatic carbocycles. The van der Waals surface area contributed by atoms with Gasteiger partial charge in [-0.1, -0.05) is 36.2 Å². The van der Waals surface area contributed by atoms with Gasteiger partial charge in [-0.25, -0.2) is 8.42 Å². The molecule has 0 spiro atoms. The van der Waals surface area contributed by atoms with Gasteiger partial charge in [-0.3, -0.25) is 9.59 Å². The molecule has 2 amide bonds. The van der Waals surface area contributed by atoms with Crippen molar-refractivity contribution >= 4 is 44.8 Å². The third-order valence-electron chi connectivity index (χ3n) is 6.52. The summed E-state index contributed by atoms with van der Waals surface area (Å²) in [4.78, 5) is 27.4. The second-order valence-electron chi connectivity index (χ2n) is 8.99. The number of benzene rings is 3. The highest BCUT2D eigenvalue weighted by molar-refractivity contribution is 7.89. The van der Waals surface area contributed by atoms with Crippen LogP contribution in [-0.4, -0.2) is 44.2 Å². The molecule has 0 radical (unpaired) electrons. The Morgan fingerprint density at radius 2 is 1.70 bits per heavy atom. The van der Waals surface area contributed by atoms with Crippen molar-refractivity contribution in [3.63, 3.8) is 0 Å². The maximum Gasteiger partial charge on any atom is 0.265 e. The number of hydrogen-bond acceptors (Lipinski definition) is 5. The van der Waals surface area contributed by atoms with Crippen molar-refractivity contribution in [2.24, 2.45) is 0 Å². The third kappa shape index (κ3) is 5.34. The molecule has 10 heteroatoms. The number of anilines is 2. The molecule has 1 saturated heterocycles. The number of hydrogen-bond donors (Lipinski definition) is 1. The minimum atomic E-state index is -3.57. The molecule has 0 unspecified atom stereocenters. The van der Waals surface area contributed by atoms with E-state index in [9.17, 15) is 18.0 Å². The van der Waals surface area contributed by atoms with Gasteiger partial charge in [0.05, 0.1) is 17.1 Å². The number of fused-ring (bicyclic) bond motifs is 1. The van der Waals surface area contributed by atoms with E-state index in [1.807, 2.05) is 18.2 Å². The van der Waals surface area contributed by atoms with Crippen LogP contribution < -0.4 is 15.0 Å². The molecule has 3 aromatic carbocycles. The number of ether oxygens (including phenoxy) is 1. The smallest absolute Gasteiger partial charge is 0.265 e. The molecule has 2 aliphatic heterocycles. The van der Waals surface area contributed by atoms with Crippen LogP contribution in [0.3, 0.4) is 0 Å². The van der Waals surface area contributed by atoms with Gasteiger partial charge in [0.15, 0.2) is 6.61 Å². The molecule has 0 aromatic heterocycles. The Hall–Kier alpha value is -3.40. The van der Waals surface area contributed by atoms with Gasteiger partial charge >= 0.3 is 0 Å². The number of sulfonamides is 1. The van der Waals surface area contributed by atoms with E-state index in [4.69, 9.17) is 16.3 Å². The summed E-state index contributed by atoms with van der Waals surface area (Å²) in [5.41, 5.74) is 2.10. The number of rotatable bonds is 6. The molecule has 192 valence electrons. The maximum absolute atomic E-state index is 12.9. The molecule has 2 heterocycles. The van der Waals surface area contributed by atoms with E-state index in [2.05, 4.69) is 5.32 Å². The van der Waals surface area contributed by atoms with E-state index in [0.29, 0.717) is 40.8 Å². The van der Waals surface area contributed by atoms with E-state index in [1.54, 1.807) is 29.2 Å². The Kier molecular flexibility index (Phi) is 7.19. The number of carbonyl (C=O) groups is 2. The fourth-order valence-electron chi connectivity index (χ4n) is 4.49. The van der Waals surface area contributed by atoms with Crippen molar-refractivity contribution in [2.75, 3.05) is 29.9 Å². The number of carbonyl (C=O) groups excluding carboxylic acids is 2. The van der Waals surface area contributed by atoms with Crippen LogP contribution in [0.15, 0.2) is 71.6 Å². The van der Waals surface area contributed by atoms with Gasteiger partial charge < -0.3 is 15.0 Å². The van der Waals surface area contributed by atoms with Gasteiger partial charge in [-0.05, 0) is 66.9 Å². The van der Waals surface area contributed by atoms with E-state index < -0.39 is 15.9 Å². The second-order valence-corrected chi connectivity index (χ2v) is 11.3. The molecule has 1 N–H and O–H groups in total. The normalized spacial score (nSPS) is 16.1. The minimum absolute atomic E-state index is 0.0875. The first-order valence-electron chi connectivity index (χ1n) is 12.0. The van der Waals surface area contributed by atoms with Gasteiger partial charge in [-0.2, -0.15) is 4.31 Å². The van der Waals surface area contributed by atoms with E-state index >= 15 is 0 Å². The van der Waals surface area contributed by atoms with Crippen LogP contribution in [0.4, 0.5) is 11.4 Å². The zero-order chi connectivity index (χ0) is 26.0. The summed E-state index contributed by atoms with van der Waals surface area (Å²) in [6, 6.07) is 18.3. The maximum atomic E-state index is 12.9. The van der Waals surface area contributed by atoms with E-state index in [0.717, 1.165) is 24.8 Å². The molecule has 3 aromatic rings. The number of nitrogens with zero attached hydrogens (tertiary/aromatic N) is 2. The van der Waals surface area contributed by atoms with Gasteiger partial charge in [0.25, 0.3) is 11.8 Å². The summed E-state index contributed by atoms with van der Waals surface area (Å²) in [6.45, 7) is 1.21. The average molecular weight is 540 g/mol. The highest BCUT2D eigenvalue weighted by Crippen LogP contribution is 2.36. The van der Waals surface area contributed by atoms with Gasteiger partial charge in [0.1, 0.15) is 5.75 Å². The summed E-state index contributed by atoms with van der Waals surface area (Å²) >= 11 is 6.30. The quantitative estimate of drug-likeness (QED) is 0.490. The van der Waals surface area contributed by atoms with Crippen LogP contribution in [0.2, 0.25) is 5.02 Å². The first-order chi connectivity index (χ1) is 17.8. The van der Waals surface area contributed by atoms with Crippen LogP contribution >= 0.6 is 11.6 Å². The Morgan fingerprint density at radius 1 is 0.973 bits per heavy atom. The molecule has 0 bridgehead atoms. The van der Waals surface area contributed by atoms with E-state index in [1.165, 1.54) is 28.6 Å². The first-order valence-corrected chi connectivity index (χ1v) is 13.9. The van der Waals surface area contributed by atoms with Crippen molar-refractivity contribution < 1.29 is 22.7 Å². The lowest BCUT2D eigenvalue weighted by Crippen LogP contribution is -2.38. The molecule has 37 heavy (non-hydrogen) atoms. The van der Waals surface area contributed by atoms with Crippen LogP contribution in [0.5, 0.6) is 5.75 Å². The fourth-order valence-corrected chi connectivity index (χ4v) is 6.20. The van der Waals surface area contributed by atoms with Crippen molar-refractivity contribution in [2.45, 2.75) is 30.7 Å². The highest BCUT2D eigenvalue weighted by atomic mass is 35.5. The topological polar surface area (TPSA) is 96.0 Å². The summed E-state index contributed by atoms with van der Waals surface area (Å²) in [5.74, 6) is -0.0964. The number of halogens is 1. The monoisotopic (exact) mass is 539 g/mol. The van der Waals surface area contributed by atoms with E-state index in [-0.39, 0.29) is 24.0 Å². The SMILES string of the molecule is O=C(Nc1ccc2c(c1)N(Cc1ccccc1Cl)C(=O)CO2)c1ccc(S(=O)(=O)N2CCCCC2)cc1. The summed E-state index contributed by atoms with van der Waals surface area (Å²) in [6.07, 6.45) is 2.74. The predicted molar refractivity (Wildman–Crippen MR) is 142 cm³/mol. The molecule has 8 nitrogen and oxygen atoms in total.